The molecule has 0 saturated heterocycles. The van der Waals surface area contributed by atoms with Crippen molar-refractivity contribution in [2.24, 2.45) is 0 Å². The standard InChI is InChI=1S/C20H18BrNO2S/c1-16-7-11-19(12-8-16)22(15-17-5-3-2-4-6-17)25(23,24)20-13-9-18(21)10-14-20/h2-14H,15H2,1H3. The van der Waals surface area contributed by atoms with E-state index in [9.17, 15) is 8.42 Å². The van der Waals surface area contributed by atoms with Crippen LogP contribution >= 0.6 is 15.9 Å². The molecule has 0 N–H and O–H groups in total. The second kappa shape index (κ2) is 7.42. The zero-order chi connectivity index (χ0) is 17.9. The summed E-state index contributed by atoms with van der Waals surface area (Å²) in [6, 6.07) is 23.8. The monoisotopic (exact) mass is 415 g/mol. The van der Waals surface area contributed by atoms with Crippen molar-refractivity contribution in [1.82, 2.24) is 0 Å². The van der Waals surface area contributed by atoms with E-state index in [0.717, 1.165) is 15.6 Å². The van der Waals surface area contributed by atoms with Gasteiger partial charge >= 0.3 is 0 Å². The summed E-state index contributed by atoms with van der Waals surface area (Å²) in [6.45, 7) is 2.26. The fourth-order valence-electron chi connectivity index (χ4n) is 2.51. The summed E-state index contributed by atoms with van der Waals surface area (Å²) in [4.78, 5) is 0.271. The van der Waals surface area contributed by atoms with Gasteiger partial charge in [0.1, 0.15) is 0 Å². The summed E-state index contributed by atoms with van der Waals surface area (Å²) in [5.74, 6) is 0. The Kier molecular flexibility index (Phi) is 5.25. The van der Waals surface area contributed by atoms with E-state index in [0.29, 0.717) is 5.69 Å². The molecule has 0 amide bonds. The molecule has 0 aliphatic heterocycles. The zero-order valence-electron chi connectivity index (χ0n) is 13.8. The highest BCUT2D eigenvalue weighted by Crippen LogP contribution is 2.27. The van der Waals surface area contributed by atoms with Gasteiger partial charge in [0.25, 0.3) is 10.0 Å². The SMILES string of the molecule is Cc1ccc(N(Cc2ccccc2)S(=O)(=O)c2ccc(Br)cc2)cc1. The Labute approximate surface area is 157 Å². The largest absolute Gasteiger partial charge is 0.264 e. The summed E-state index contributed by atoms with van der Waals surface area (Å²) in [6.07, 6.45) is 0. The topological polar surface area (TPSA) is 37.4 Å². The summed E-state index contributed by atoms with van der Waals surface area (Å²) >= 11 is 3.35. The molecule has 0 spiro atoms. The lowest BCUT2D eigenvalue weighted by molar-refractivity contribution is 0.590. The Bertz CT molecular complexity index is 937. The van der Waals surface area contributed by atoms with Crippen molar-refractivity contribution in [2.75, 3.05) is 4.31 Å². The van der Waals surface area contributed by atoms with Gasteiger partial charge in [-0.25, -0.2) is 8.42 Å². The summed E-state index contributed by atoms with van der Waals surface area (Å²) < 4.78 is 28.8. The van der Waals surface area contributed by atoms with Gasteiger partial charge in [0.05, 0.1) is 17.1 Å². The van der Waals surface area contributed by atoms with E-state index in [1.54, 1.807) is 24.3 Å². The van der Waals surface area contributed by atoms with E-state index in [1.165, 1.54) is 4.31 Å². The molecule has 0 bridgehead atoms. The van der Waals surface area contributed by atoms with Crippen molar-refractivity contribution >= 4 is 31.6 Å². The predicted molar refractivity (Wildman–Crippen MR) is 105 cm³/mol. The Morgan fingerprint density at radius 1 is 0.840 bits per heavy atom. The fourth-order valence-corrected chi connectivity index (χ4v) is 4.23. The van der Waals surface area contributed by atoms with Gasteiger partial charge in [0, 0.05) is 4.47 Å². The van der Waals surface area contributed by atoms with Crippen molar-refractivity contribution < 1.29 is 8.42 Å². The first-order valence-electron chi connectivity index (χ1n) is 7.86. The molecular formula is C20H18BrNO2S. The highest BCUT2D eigenvalue weighted by atomic mass is 79.9. The average molecular weight is 416 g/mol. The molecule has 25 heavy (non-hydrogen) atoms. The zero-order valence-corrected chi connectivity index (χ0v) is 16.2. The van der Waals surface area contributed by atoms with Crippen LogP contribution < -0.4 is 4.31 Å². The molecular weight excluding hydrogens is 398 g/mol. The lowest BCUT2D eigenvalue weighted by Gasteiger charge is -2.25. The second-order valence-electron chi connectivity index (χ2n) is 5.79. The van der Waals surface area contributed by atoms with E-state index < -0.39 is 10.0 Å². The normalized spacial score (nSPS) is 11.3. The van der Waals surface area contributed by atoms with Crippen LogP contribution in [-0.4, -0.2) is 8.42 Å². The number of anilines is 1. The van der Waals surface area contributed by atoms with Crippen LogP contribution in [0.2, 0.25) is 0 Å². The number of nitrogens with zero attached hydrogens (tertiary/aromatic N) is 1. The predicted octanol–water partition coefficient (Wildman–Crippen LogP) is 5.15. The first-order valence-corrected chi connectivity index (χ1v) is 10.1. The van der Waals surface area contributed by atoms with Gasteiger partial charge in [-0.3, -0.25) is 4.31 Å². The number of sulfonamides is 1. The molecule has 3 aromatic rings. The molecule has 0 atom stereocenters. The number of halogens is 1. The smallest absolute Gasteiger partial charge is 0.262 e. The quantitative estimate of drug-likeness (QED) is 0.577. The molecule has 128 valence electrons. The van der Waals surface area contributed by atoms with Crippen molar-refractivity contribution in [3.63, 3.8) is 0 Å². The molecule has 0 unspecified atom stereocenters. The van der Waals surface area contributed by atoms with E-state index >= 15 is 0 Å². The summed E-state index contributed by atoms with van der Waals surface area (Å²) in [5, 5.41) is 0. The molecule has 0 heterocycles. The lowest BCUT2D eigenvalue weighted by Crippen LogP contribution is -2.30. The van der Waals surface area contributed by atoms with Crippen LogP contribution in [0.25, 0.3) is 0 Å². The van der Waals surface area contributed by atoms with Crippen molar-refractivity contribution in [3.8, 4) is 0 Å². The minimum absolute atomic E-state index is 0.271. The van der Waals surface area contributed by atoms with Crippen LogP contribution in [0.1, 0.15) is 11.1 Å². The maximum Gasteiger partial charge on any atom is 0.264 e. The van der Waals surface area contributed by atoms with Crippen LogP contribution in [0.4, 0.5) is 5.69 Å². The Hall–Kier alpha value is -2.11. The van der Waals surface area contributed by atoms with Gasteiger partial charge in [-0.05, 0) is 48.9 Å². The third kappa shape index (κ3) is 4.11. The maximum atomic E-state index is 13.2. The van der Waals surface area contributed by atoms with Gasteiger partial charge < -0.3 is 0 Å². The van der Waals surface area contributed by atoms with Gasteiger partial charge in [0.2, 0.25) is 0 Å². The second-order valence-corrected chi connectivity index (χ2v) is 8.56. The molecule has 0 aliphatic rings. The molecule has 0 fully saturated rings. The van der Waals surface area contributed by atoms with Crippen LogP contribution in [0.5, 0.6) is 0 Å². The van der Waals surface area contributed by atoms with Crippen molar-refractivity contribution in [3.05, 3.63) is 94.5 Å². The highest BCUT2D eigenvalue weighted by Gasteiger charge is 2.25. The molecule has 3 aromatic carbocycles. The van der Waals surface area contributed by atoms with Crippen molar-refractivity contribution in [1.29, 1.82) is 0 Å². The first kappa shape index (κ1) is 17.7. The van der Waals surface area contributed by atoms with Crippen LogP contribution in [0.15, 0.2) is 88.2 Å². The molecule has 0 radical (unpaired) electrons. The number of aryl methyl sites for hydroxylation is 1. The maximum absolute atomic E-state index is 13.2. The van der Waals surface area contributed by atoms with Crippen LogP contribution in [-0.2, 0) is 16.6 Å². The number of benzene rings is 3. The average Bonchev–Trinajstić information content (AvgIpc) is 2.62. The van der Waals surface area contributed by atoms with Crippen LogP contribution in [0.3, 0.4) is 0 Å². The summed E-state index contributed by atoms with van der Waals surface area (Å²) in [5.41, 5.74) is 2.67. The van der Waals surface area contributed by atoms with Gasteiger partial charge in [-0.15, -0.1) is 0 Å². The molecule has 0 aliphatic carbocycles. The molecule has 3 nitrogen and oxygen atoms in total. The van der Waals surface area contributed by atoms with E-state index in [2.05, 4.69) is 15.9 Å². The Balaban J connectivity index is 2.06. The van der Waals surface area contributed by atoms with E-state index in [4.69, 9.17) is 0 Å². The first-order chi connectivity index (χ1) is 12.0. The van der Waals surface area contributed by atoms with Crippen LogP contribution in [0, 0.1) is 6.92 Å². The third-order valence-electron chi connectivity index (χ3n) is 3.89. The minimum Gasteiger partial charge on any atom is -0.262 e. The highest BCUT2D eigenvalue weighted by molar-refractivity contribution is 9.10. The van der Waals surface area contributed by atoms with Gasteiger partial charge in [-0.1, -0.05) is 64.0 Å². The molecule has 0 saturated carbocycles. The Morgan fingerprint density at radius 3 is 2.04 bits per heavy atom. The molecule has 0 aromatic heterocycles. The number of hydrogen-bond donors (Lipinski definition) is 0. The van der Waals surface area contributed by atoms with E-state index in [-0.39, 0.29) is 11.4 Å². The molecule has 5 heteroatoms. The fraction of sp³-hybridized carbons (Fsp3) is 0.100. The van der Waals surface area contributed by atoms with E-state index in [1.807, 2.05) is 61.5 Å². The van der Waals surface area contributed by atoms with Gasteiger partial charge in [-0.2, -0.15) is 0 Å². The minimum atomic E-state index is -3.67. The Morgan fingerprint density at radius 2 is 1.44 bits per heavy atom. The third-order valence-corrected chi connectivity index (χ3v) is 6.21. The lowest BCUT2D eigenvalue weighted by atomic mass is 10.2. The summed E-state index contributed by atoms with van der Waals surface area (Å²) in [7, 11) is -3.67. The molecule has 3 rings (SSSR count). The van der Waals surface area contributed by atoms with Gasteiger partial charge in [0.15, 0.2) is 0 Å². The number of rotatable bonds is 5. The van der Waals surface area contributed by atoms with Crippen molar-refractivity contribution in [2.45, 2.75) is 18.4 Å². The number of hydrogen-bond acceptors (Lipinski definition) is 2.